The van der Waals surface area contributed by atoms with Gasteiger partial charge in [-0.15, -0.1) is 0 Å². The fourth-order valence-electron chi connectivity index (χ4n) is 1.01. The Morgan fingerprint density at radius 2 is 1.83 bits per heavy atom. The fourth-order valence-corrected chi connectivity index (χ4v) is 1.01. The molecule has 0 saturated heterocycles. The standard InChI is InChI=1S/C8H10F2N2/c1-12(2)8-6(11)4-3-5(9)7(8)10/h3-4H,11H2,1-2H3. The molecule has 0 unspecified atom stereocenters. The summed E-state index contributed by atoms with van der Waals surface area (Å²) < 4.78 is 25.7. The van der Waals surface area contributed by atoms with E-state index in [9.17, 15) is 8.78 Å². The van der Waals surface area contributed by atoms with Crippen LogP contribution in [0.2, 0.25) is 0 Å². The number of nitrogens with two attached hydrogens (primary N) is 1. The van der Waals surface area contributed by atoms with Gasteiger partial charge in [-0.1, -0.05) is 0 Å². The number of halogens is 2. The third-order valence-corrected chi connectivity index (χ3v) is 1.55. The van der Waals surface area contributed by atoms with Crippen LogP contribution in [0.1, 0.15) is 0 Å². The topological polar surface area (TPSA) is 29.3 Å². The molecule has 0 aliphatic heterocycles. The van der Waals surface area contributed by atoms with Crippen LogP contribution in [-0.4, -0.2) is 14.1 Å². The second kappa shape index (κ2) is 2.97. The van der Waals surface area contributed by atoms with Crippen molar-refractivity contribution in [2.45, 2.75) is 0 Å². The molecule has 2 nitrogen and oxygen atoms in total. The van der Waals surface area contributed by atoms with Gasteiger partial charge in [-0.25, -0.2) is 8.78 Å². The van der Waals surface area contributed by atoms with Crippen LogP contribution in [0.4, 0.5) is 20.2 Å². The van der Waals surface area contributed by atoms with E-state index in [4.69, 9.17) is 5.73 Å². The average molecular weight is 172 g/mol. The van der Waals surface area contributed by atoms with Gasteiger partial charge >= 0.3 is 0 Å². The van der Waals surface area contributed by atoms with Gasteiger partial charge in [0, 0.05) is 14.1 Å². The third-order valence-electron chi connectivity index (χ3n) is 1.55. The Morgan fingerprint density at radius 3 is 2.25 bits per heavy atom. The summed E-state index contributed by atoms with van der Waals surface area (Å²) in [6.45, 7) is 0. The highest BCUT2D eigenvalue weighted by atomic mass is 19.2. The van der Waals surface area contributed by atoms with Crippen LogP contribution >= 0.6 is 0 Å². The first-order valence-corrected chi connectivity index (χ1v) is 3.45. The Bertz CT molecular complexity index is 297. The van der Waals surface area contributed by atoms with Crippen molar-refractivity contribution in [1.82, 2.24) is 0 Å². The lowest BCUT2D eigenvalue weighted by Gasteiger charge is -2.15. The van der Waals surface area contributed by atoms with Gasteiger partial charge in [0.05, 0.1) is 11.4 Å². The van der Waals surface area contributed by atoms with E-state index in [1.54, 1.807) is 14.1 Å². The zero-order chi connectivity index (χ0) is 9.30. The van der Waals surface area contributed by atoms with E-state index in [1.165, 1.54) is 11.0 Å². The van der Waals surface area contributed by atoms with Gasteiger partial charge in [0.25, 0.3) is 0 Å². The van der Waals surface area contributed by atoms with Gasteiger partial charge in [-0.3, -0.25) is 0 Å². The summed E-state index contributed by atoms with van der Waals surface area (Å²) in [7, 11) is 3.21. The summed E-state index contributed by atoms with van der Waals surface area (Å²) in [6.07, 6.45) is 0. The largest absolute Gasteiger partial charge is 0.397 e. The van der Waals surface area contributed by atoms with Crippen LogP contribution in [0, 0.1) is 11.6 Å². The normalized spacial score (nSPS) is 10.0. The van der Waals surface area contributed by atoms with Crippen molar-refractivity contribution in [3.05, 3.63) is 23.8 Å². The van der Waals surface area contributed by atoms with Gasteiger partial charge in [0.15, 0.2) is 11.6 Å². The molecule has 0 aliphatic carbocycles. The summed E-state index contributed by atoms with van der Waals surface area (Å²) in [5.41, 5.74) is 5.77. The maximum atomic E-state index is 13.0. The van der Waals surface area contributed by atoms with E-state index in [-0.39, 0.29) is 11.4 Å². The molecule has 0 radical (unpaired) electrons. The first-order valence-electron chi connectivity index (χ1n) is 3.45. The molecule has 0 aliphatic rings. The molecule has 1 rings (SSSR count). The predicted molar refractivity (Wildman–Crippen MR) is 45.1 cm³/mol. The highest BCUT2D eigenvalue weighted by Gasteiger charge is 2.12. The molecule has 0 bridgehead atoms. The number of hydrogen-bond acceptors (Lipinski definition) is 2. The smallest absolute Gasteiger partial charge is 0.184 e. The van der Waals surface area contributed by atoms with Crippen LogP contribution in [0.25, 0.3) is 0 Å². The van der Waals surface area contributed by atoms with E-state index >= 15 is 0 Å². The molecule has 0 fully saturated rings. The Labute approximate surface area is 69.6 Å². The first-order chi connectivity index (χ1) is 5.54. The number of hydrogen-bond donors (Lipinski definition) is 1. The van der Waals surface area contributed by atoms with Gasteiger partial charge in [-0.05, 0) is 12.1 Å². The predicted octanol–water partition coefficient (Wildman–Crippen LogP) is 1.61. The molecule has 2 N–H and O–H groups in total. The van der Waals surface area contributed by atoms with Crippen LogP contribution in [-0.2, 0) is 0 Å². The molecule has 1 aromatic carbocycles. The summed E-state index contributed by atoms with van der Waals surface area (Å²) >= 11 is 0. The maximum absolute atomic E-state index is 13.0. The van der Waals surface area contributed by atoms with Gasteiger partial charge in [-0.2, -0.15) is 0 Å². The average Bonchev–Trinajstić information content (AvgIpc) is 1.97. The van der Waals surface area contributed by atoms with Crippen molar-refractivity contribution in [3.8, 4) is 0 Å². The Morgan fingerprint density at radius 1 is 1.25 bits per heavy atom. The van der Waals surface area contributed by atoms with E-state index in [2.05, 4.69) is 0 Å². The number of benzene rings is 1. The molecule has 0 saturated carbocycles. The van der Waals surface area contributed by atoms with Crippen LogP contribution in [0.3, 0.4) is 0 Å². The lowest BCUT2D eigenvalue weighted by atomic mass is 10.2. The highest BCUT2D eigenvalue weighted by Crippen LogP contribution is 2.26. The van der Waals surface area contributed by atoms with Crippen molar-refractivity contribution in [2.75, 3.05) is 24.7 Å². The molecule has 66 valence electrons. The number of anilines is 2. The molecule has 12 heavy (non-hydrogen) atoms. The Balaban J connectivity index is 3.33. The second-order valence-corrected chi connectivity index (χ2v) is 2.69. The van der Waals surface area contributed by atoms with Crippen LogP contribution in [0.5, 0.6) is 0 Å². The van der Waals surface area contributed by atoms with Gasteiger partial charge in [0.2, 0.25) is 0 Å². The minimum atomic E-state index is -0.903. The quantitative estimate of drug-likeness (QED) is 0.652. The number of nitrogen functional groups attached to an aromatic ring is 1. The van der Waals surface area contributed by atoms with E-state index in [0.29, 0.717) is 0 Å². The summed E-state index contributed by atoms with van der Waals surface area (Å²) in [5.74, 6) is -1.78. The number of nitrogens with zero attached hydrogens (tertiary/aromatic N) is 1. The molecular formula is C8H10F2N2. The van der Waals surface area contributed by atoms with Crippen molar-refractivity contribution in [3.63, 3.8) is 0 Å². The fraction of sp³-hybridized carbons (Fsp3) is 0.250. The second-order valence-electron chi connectivity index (χ2n) is 2.69. The van der Waals surface area contributed by atoms with Crippen molar-refractivity contribution < 1.29 is 8.78 Å². The lowest BCUT2D eigenvalue weighted by molar-refractivity contribution is 0.509. The van der Waals surface area contributed by atoms with Gasteiger partial charge < -0.3 is 10.6 Å². The lowest BCUT2D eigenvalue weighted by Crippen LogP contribution is -2.13. The zero-order valence-electron chi connectivity index (χ0n) is 6.94. The van der Waals surface area contributed by atoms with Crippen molar-refractivity contribution >= 4 is 11.4 Å². The monoisotopic (exact) mass is 172 g/mol. The summed E-state index contributed by atoms with van der Waals surface area (Å²) in [4.78, 5) is 1.44. The molecule has 0 aromatic heterocycles. The third kappa shape index (κ3) is 1.32. The summed E-state index contributed by atoms with van der Waals surface area (Å²) in [6, 6.07) is 2.35. The molecule has 0 heterocycles. The van der Waals surface area contributed by atoms with Crippen LogP contribution in [0.15, 0.2) is 12.1 Å². The minimum Gasteiger partial charge on any atom is -0.397 e. The Hall–Kier alpha value is -1.32. The zero-order valence-corrected chi connectivity index (χ0v) is 6.94. The van der Waals surface area contributed by atoms with Gasteiger partial charge in [0.1, 0.15) is 0 Å². The maximum Gasteiger partial charge on any atom is 0.184 e. The molecule has 0 atom stereocenters. The Kier molecular flexibility index (Phi) is 2.17. The molecular weight excluding hydrogens is 162 g/mol. The van der Waals surface area contributed by atoms with E-state index in [0.717, 1.165) is 6.07 Å². The summed E-state index contributed by atoms with van der Waals surface area (Å²) in [5, 5.41) is 0. The van der Waals surface area contributed by atoms with E-state index in [1.807, 2.05) is 0 Å². The minimum absolute atomic E-state index is 0.0926. The molecule has 0 spiro atoms. The van der Waals surface area contributed by atoms with Crippen molar-refractivity contribution in [1.29, 1.82) is 0 Å². The van der Waals surface area contributed by atoms with E-state index < -0.39 is 11.6 Å². The molecule has 0 amide bonds. The highest BCUT2D eigenvalue weighted by molar-refractivity contribution is 5.67. The first kappa shape index (κ1) is 8.77. The van der Waals surface area contributed by atoms with Crippen LogP contribution < -0.4 is 10.6 Å². The molecule has 1 aromatic rings. The molecule has 4 heteroatoms. The SMILES string of the molecule is CN(C)c1c(N)ccc(F)c1F. The van der Waals surface area contributed by atoms with Crippen molar-refractivity contribution in [2.24, 2.45) is 0 Å². The number of rotatable bonds is 1.